The average molecular weight is 340 g/mol. The Hall–Kier alpha value is -2.59. The van der Waals surface area contributed by atoms with Crippen LogP contribution in [0.15, 0.2) is 67.1 Å². The maximum Gasteiger partial charge on any atom is 0.226 e. The van der Waals surface area contributed by atoms with Gasteiger partial charge in [0.05, 0.1) is 12.5 Å². The fourth-order valence-electron chi connectivity index (χ4n) is 2.61. The third-order valence-corrected chi connectivity index (χ3v) is 4.06. The SMILES string of the molecule is C[C@@H](NC(=O)Cc1cccn1-c1cccc(Cl)c1)c1cccnc1. The van der Waals surface area contributed by atoms with Crippen LogP contribution in [0.3, 0.4) is 0 Å². The van der Waals surface area contributed by atoms with Crippen LogP contribution in [0.5, 0.6) is 0 Å². The molecule has 3 rings (SSSR count). The van der Waals surface area contributed by atoms with Crippen LogP contribution in [0.25, 0.3) is 5.69 Å². The molecule has 2 heterocycles. The lowest BCUT2D eigenvalue weighted by molar-refractivity contribution is -0.121. The van der Waals surface area contributed by atoms with Crippen molar-refractivity contribution in [2.24, 2.45) is 0 Å². The van der Waals surface area contributed by atoms with Crippen LogP contribution < -0.4 is 5.32 Å². The highest BCUT2D eigenvalue weighted by Crippen LogP contribution is 2.18. The van der Waals surface area contributed by atoms with E-state index < -0.39 is 0 Å². The van der Waals surface area contributed by atoms with Crippen LogP contribution in [0, 0.1) is 0 Å². The van der Waals surface area contributed by atoms with E-state index in [1.807, 2.05) is 66.2 Å². The lowest BCUT2D eigenvalue weighted by Gasteiger charge is -2.15. The van der Waals surface area contributed by atoms with Gasteiger partial charge < -0.3 is 9.88 Å². The van der Waals surface area contributed by atoms with E-state index in [-0.39, 0.29) is 11.9 Å². The summed E-state index contributed by atoms with van der Waals surface area (Å²) in [7, 11) is 0. The number of nitrogens with one attached hydrogen (secondary N) is 1. The predicted molar refractivity (Wildman–Crippen MR) is 95.3 cm³/mol. The van der Waals surface area contributed by atoms with Gasteiger partial charge in [0, 0.05) is 35.0 Å². The van der Waals surface area contributed by atoms with Crippen molar-refractivity contribution in [1.82, 2.24) is 14.9 Å². The van der Waals surface area contributed by atoms with Crippen LogP contribution in [0.2, 0.25) is 5.02 Å². The van der Waals surface area contributed by atoms with Gasteiger partial charge in [0.2, 0.25) is 5.91 Å². The molecule has 24 heavy (non-hydrogen) atoms. The lowest BCUT2D eigenvalue weighted by Crippen LogP contribution is -2.28. The van der Waals surface area contributed by atoms with Crippen LogP contribution in [0.4, 0.5) is 0 Å². The van der Waals surface area contributed by atoms with Crippen LogP contribution in [-0.2, 0) is 11.2 Å². The fraction of sp³-hybridized carbons (Fsp3) is 0.158. The second kappa shape index (κ2) is 7.32. The van der Waals surface area contributed by atoms with Crippen LogP contribution in [-0.4, -0.2) is 15.5 Å². The van der Waals surface area contributed by atoms with Gasteiger partial charge in [-0.2, -0.15) is 0 Å². The van der Waals surface area contributed by atoms with Crippen molar-refractivity contribution >= 4 is 17.5 Å². The van der Waals surface area contributed by atoms with Gasteiger partial charge in [0.1, 0.15) is 0 Å². The van der Waals surface area contributed by atoms with Gasteiger partial charge in [-0.15, -0.1) is 0 Å². The first kappa shape index (κ1) is 16.3. The molecule has 1 aromatic carbocycles. The van der Waals surface area contributed by atoms with Crippen molar-refractivity contribution in [3.05, 3.63) is 83.4 Å². The molecule has 1 amide bonds. The summed E-state index contributed by atoms with van der Waals surface area (Å²) in [4.78, 5) is 16.5. The summed E-state index contributed by atoms with van der Waals surface area (Å²) in [5.41, 5.74) is 2.83. The Morgan fingerprint density at radius 3 is 2.88 bits per heavy atom. The minimum Gasteiger partial charge on any atom is -0.349 e. The molecule has 1 atom stereocenters. The Balaban J connectivity index is 1.71. The molecule has 0 aliphatic heterocycles. The van der Waals surface area contributed by atoms with E-state index in [2.05, 4.69) is 10.3 Å². The summed E-state index contributed by atoms with van der Waals surface area (Å²) in [6.45, 7) is 1.95. The summed E-state index contributed by atoms with van der Waals surface area (Å²) in [5, 5.41) is 3.67. The number of hydrogen-bond donors (Lipinski definition) is 1. The molecule has 5 heteroatoms. The van der Waals surface area contributed by atoms with Crippen molar-refractivity contribution in [2.45, 2.75) is 19.4 Å². The van der Waals surface area contributed by atoms with E-state index in [0.29, 0.717) is 11.4 Å². The fourth-order valence-corrected chi connectivity index (χ4v) is 2.80. The van der Waals surface area contributed by atoms with Crippen molar-refractivity contribution < 1.29 is 4.79 Å². The molecular formula is C19H18ClN3O. The summed E-state index contributed by atoms with van der Waals surface area (Å²) in [6.07, 6.45) is 5.71. The Morgan fingerprint density at radius 1 is 1.25 bits per heavy atom. The van der Waals surface area contributed by atoms with Gasteiger partial charge in [0.15, 0.2) is 0 Å². The number of amides is 1. The molecule has 4 nitrogen and oxygen atoms in total. The number of pyridine rings is 1. The molecule has 0 bridgehead atoms. The molecule has 1 N–H and O–H groups in total. The number of benzene rings is 1. The van der Waals surface area contributed by atoms with E-state index in [1.165, 1.54) is 0 Å². The molecule has 0 fully saturated rings. The summed E-state index contributed by atoms with van der Waals surface area (Å²) >= 11 is 6.06. The molecule has 0 spiro atoms. The highest BCUT2D eigenvalue weighted by atomic mass is 35.5. The molecule has 0 saturated heterocycles. The van der Waals surface area contributed by atoms with Crippen LogP contribution in [0.1, 0.15) is 24.2 Å². The number of halogens is 1. The number of hydrogen-bond acceptors (Lipinski definition) is 2. The largest absolute Gasteiger partial charge is 0.349 e. The van der Waals surface area contributed by atoms with Gasteiger partial charge in [-0.05, 0) is 48.9 Å². The molecule has 122 valence electrons. The maximum atomic E-state index is 12.4. The number of carbonyl (C=O) groups excluding carboxylic acids is 1. The molecule has 0 aliphatic rings. The molecule has 0 unspecified atom stereocenters. The maximum absolute atomic E-state index is 12.4. The molecule has 3 aromatic rings. The molecule has 0 saturated carbocycles. The van der Waals surface area contributed by atoms with E-state index in [4.69, 9.17) is 11.6 Å². The van der Waals surface area contributed by atoms with Gasteiger partial charge in [-0.25, -0.2) is 0 Å². The lowest BCUT2D eigenvalue weighted by atomic mass is 10.1. The van der Waals surface area contributed by atoms with Crippen LogP contribution >= 0.6 is 11.6 Å². The Kier molecular flexibility index (Phi) is 4.96. The van der Waals surface area contributed by atoms with Crippen molar-refractivity contribution in [3.8, 4) is 5.69 Å². The first-order valence-electron chi connectivity index (χ1n) is 7.75. The predicted octanol–water partition coefficient (Wildman–Crippen LogP) is 3.95. The Morgan fingerprint density at radius 2 is 2.12 bits per heavy atom. The Bertz CT molecular complexity index is 829. The summed E-state index contributed by atoms with van der Waals surface area (Å²) < 4.78 is 1.97. The average Bonchev–Trinajstić information content (AvgIpc) is 3.03. The van der Waals surface area contributed by atoms with Crippen molar-refractivity contribution in [1.29, 1.82) is 0 Å². The van der Waals surface area contributed by atoms with Gasteiger partial charge in [-0.3, -0.25) is 9.78 Å². The third kappa shape index (κ3) is 3.84. The molecule has 2 aromatic heterocycles. The topological polar surface area (TPSA) is 46.9 Å². The normalized spacial score (nSPS) is 11.9. The number of aromatic nitrogens is 2. The smallest absolute Gasteiger partial charge is 0.226 e. The molecule has 0 radical (unpaired) electrons. The standard InChI is InChI=1S/C19H18ClN3O/c1-14(15-5-3-9-21-13-15)22-19(24)12-18-8-4-10-23(18)17-7-2-6-16(20)11-17/h2-11,13-14H,12H2,1H3,(H,22,24)/t14-/m1/s1. The van der Waals surface area contributed by atoms with E-state index in [9.17, 15) is 4.79 Å². The number of carbonyl (C=O) groups is 1. The molecule has 0 aliphatic carbocycles. The van der Waals surface area contributed by atoms with Crippen molar-refractivity contribution in [3.63, 3.8) is 0 Å². The van der Waals surface area contributed by atoms with Gasteiger partial charge in [-0.1, -0.05) is 23.7 Å². The quantitative estimate of drug-likeness (QED) is 0.765. The summed E-state index contributed by atoms with van der Waals surface area (Å²) in [5.74, 6) is -0.0340. The van der Waals surface area contributed by atoms with E-state index >= 15 is 0 Å². The zero-order valence-electron chi connectivity index (χ0n) is 13.3. The highest BCUT2D eigenvalue weighted by Gasteiger charge is 2.13. The number of rotatable bonds is 5. The summed E-state index contributed by atoms with van der Waals surface area (Å²) in [6, 6.07) is 15.2. The van der Waals surface area contributed by atoms with E-state index in [1.54, 1.807) is 12.4 Å². The monoisotopic (exact) mass is 339 g/mol. The van der Waals surface area contributed by atoms with Gasteiger partial charge in [0.25, 0.3) is 0 Å². The Labute approximate surface area is 146 Å². The minimum atomic E-state index is -0.0826. The zero-order valence-corrected chi connectivity index (χ0v) is 14.1. The third-order valence-electron chi connectivity index (χ3n) is 3.82. The van der Waals surface area contributed by atoms with E-state index in [0.717, 1.165) is 16.9 Å². The highest BCUT2D eigenvalue weighted by molar-refractivity contribution is 6.30. The number of nitrogens with zero attached hydrogens (tertiary/aromatic N) is 2. The minimum absolute atomic E-state index is 0.0340. The zero-order chi connectivity index (χ0) is 16.9. The second-order valence-electron chi connectivity index (χ2n) is 5.60. The molecular weight excluding hydrogens is 322 g/mol. The first-order valence-corrected chi connectivity index (χ1v) is 8.13. The van der Waals surface area contributed by atoms with Crippen molar-refractivity contribution in [2.75, 3.05) is 0 Å². The first-order chi connectivity index (χ1) is 11.6. The van der Waals surface area contributed by atoms with Gasteiger partial charge >= 0.3 is 0 Å². The second-order valence-corrected chi connectivity index (χ2v) is 6.04.